The van der Waals surface area contributed by atoms with Crippen LogP contribution in [0.25, 0.3) is 0 Å². The first-order valence-corrected chi connectivity index (χ1v) is 6.19. The molecule has 5 heteroatoms. The molecule has 94 valence electrons. The first-order chi connectivity index (χ1) is 9.10. The van der Waals surface area contributed by atoms with Crippen LogP contribution < -0.4 is 5.32 Å². The van der Waals surface area contributed by atoms with Gasteiger partial charge in [-0.15, -0.1) is 0 Å². The Bertz CT molecular complexity index is 660. The van der Waals surface area contributed by atoms with Gasteiger partial charge in [0.2, 0.25) is 0 Å². The van der Waals surface area contributed by atoms with E-state index in [0.29, 0.717) is 21.3 Å². The number of phenols is 1. The number of carbonyl (C=O) groups excluding carboxylic acids is 1. The van der Waals surface area contributed by atoms with Crippen LogP contribution >= 0.6 is 15.9 Å². The van der Waals surface area contributed by atoms with Crippen LogP contribution in [0, 0.1) is 11.3 Å². The third-order valence-corrected chi connectivity index (χ3v) is 3.15. The lowest BCUT2D eigenvalue weighted by Gasteiger charge is -2.06. The summed E-state index contributed by atoms with van der Waals surface area (Å²) in [5, 5.41) is 20.9. The van der Waals surface area contributed by atoms with Gasteiger partial charge in [0.05, 0.1) is 16.1 Å². The molecule has 0 heterocycles. The van der Waals surface area contributed by atoms with Gasteiger partial charge < -0.3 is 10.4 Å². The Kier molecular flexibility index (Phi) is 3.83. The molecule has 0 aliphatic carbocycles. The lowest BCUT2D eigenvalue weighted by molar-refractivity contribution is 0.102. The Morgan fingerprint density at radius 1 is 1.21 bits per heavy atom. The van der Waals surface area contributed by atoms with E-state index in [4.69, 9.17) is 5.26 Å². The topological polar surface area (TPSA) is 73.1 Å². The van der Waals surface area contributed by atoms with Gasteiger partial charge in [0.25, 0.3) is 5.91 Å². The fourth-order valence-corrected chi connectivity index (χ4v) is 1.73. The van der Waals surface area contributed by atoms with E-state index >= 15 is 0 Å². The molecule has 1 amide bonds. The molecule has 0 spiro atoms. The summed E-state index contributed by atoms with van der Waals surface area (Å²) in [6, 6.07) is 13.1. The molecular weight excluding hydrogens is 308 g/mol. The van der Waals surface area contributed by atoms with Crippen LogP contribution in [0.1, 0.15) is 15.9 Å². The van der Waals surface area contributed by atoms with Crippen molar-refractivity contribution in [3.8, 4) is 11.8 Å². The third kappa shape index (κ3) is 3.12. The second-order valence-electron chi connectivity index (χ2n) is 3.81. The SMILES string of the molecule is N#Cc1ccc(NC(=O)c2ccc(Br)c(O)c2)cc1. The number of anilines is 1. The number of nitrogens with zero attached hydrogens (tertiary/aromatic N) is 1. The molecule has 4 nitrogen and oxygen atoms in total. The summed E-state index contributed by atoms with van der Waals surface area (Å²) in [6.07, 6.45) is 0. The zero-order chi connectivity index (χ0) is 13.8. The molecule has 0 atom stereocenters. The number of amides is 1. The Hall–Kier alpha value is -2.32. The van der Waals surface area contributed by atoms with E-state index in [1.54, 1.807) is 36.4 Å². The number of rotatable bonds is 2. The lowest BCUT2D eigenvalue weighted by Crippen LogP contribution is -2.11. The lowest BCUT2D eigenvalue weighted by atomic mass is 10.2. The predicted octanol–water partition coefficient (Wildman–Crippen LogP) is 3.28. The van der Waals surface area contributed by atoms with Gasteiger partial charge in [0, 0.05) is 11.3 Å². The monoisotopic (exact) mass is 316 g/mol. The molecule has 2 N–H and O–H groups in total. The molecule has 0 aliphatic heterocycles. The first-order valence-electron chi connectivity index (χ1n) is 5.40. The summed E-state index contributed by atoms with van der Waals surface area (Å²) in [4.78, 5) is 11.9. The van der Waals surface area contributed by atoms with Gasteiger partial charge >= 0.3 is 0 Å². The standard InChI is InChI=1S/C14H9BrN2O2/c15-12-6-3-10(7-13(12)18)14(19)17-11-4-1-9(8-16)2-5-11/h1-7,18H,(H,17,19). The second kappa shape index (κ2) is 5.55. The maximum Gasteiger partial charge on any atom is 0.255 e. The summed E-state index contributed by atoms with van der Waals surface area (Å²) in [5.74, 6) is -0.319. The molecule has 0 bridgehead atoms. The van der Waals surface area contributed by atoms with Crippen LogP contribution in [-0.4, -0.2) is 11.0 Å². The van der Waals surface area contributed by atoms with Crippen LogP contribution in [0.2, 0.25) is 0 Å². The van der Waals surface area contributed by atoms with Gasteiger partial charge in [0.15, 0.2) is 0 Å². The summed E-state index contributed by atoms with van der Waals surface area (Å²) in [5.41, 5.74) is 1.47. The van der Waals surface area contributed by atoms with E-state index in [2.05, 4.69) is 21.2 Å². The van der Waals surface area contributed by atoms with Gasteiger partial charge in [0.1, 0.15) is 5.75 Å². The number of hydrogen-bond donors (Lipinski definition) is 2. The van der Waals surface area contributed by atoms with Crippen molar-refractivity contribution in [3.63, 3.8) is 0 Å². The molecule has 0 saturated heterocycles. The Balaban J connectivity index is 2.16. The molecule has 0 aromatic heterocycles. The minimum atomic E-state index is -0.326. The fraction of sp³-hybridized carbons (Fsp3) is 0. The van der Waals surface area contributed by atoms with Crippen molar-refractivity contribution in [2.24, 2.45) is 0 Å². The first kappa shape index (κ1) is 13.1. The number of carbonyl (C=O) groups is 1. The number of hydrogen-bond acceptors (Lipinski definition) is 3. The smallest absolute Gasteiger partial charge is 0.255 e. The molecule has 0 unspecified atom stereocenters. The maximum atomic E-state index is 11.9. The second-order valence-corrected chi connectivity index (χ2v) is 4.66. The van der Waals surface area contributed by atoms with Crippen molar-refractivity contribution >= 4 is 27.5 Å². The maximum absolute atomic E-state index is 11.9. The Morgan fingerprint density at radius 3 is 2.47 bits per heavy atom. The molecular formula is C14H9BrN2O2. The van der Waals surface area contributed by atoms with Crippen molar-refractivity contribution in [2.75, 3.05) is 5.32 Å². The summed E-state index contributed by atoms with van der Waals surface area (Å²) in [6.45, 7) is 0. The highest BCUT2D eigenvalue weighted by Crippen LogP contribution is 2.24. The van der Waals surface area contributed by atoms with Gasteiger partial charge in [-0.1, -0.05) is 0 Å². The van der Waals surface area contributed by atoms with Crippen LogP contribution in [0.3, 0.4) is 0 Å². The number of nitriles is 1. The summed E-state index contributed by atoms with van der Waals surface area (Å²) < 4.78 is 0.530. The molecule has 0 radical (unpaired) electrons. The predicted molar refractivity (Wildman–Crippen MR) is 74.9 cm³/mol. The van der Waals surface area contributed by atoms with Crippen LogP contribution in [0.5, 0.6) is 5.75 Å². The van der Waals surface area contributed by atoms with E-state index < -0.39 is 0 Å². The molecule has 2 rings (SSSR count). The highest BCUT2D eigenvalue weighted by molar-refractivity contribution is 9.10. The van der Waals surface area contributed by atoms with Crippen molar-refractivity contribution in [2.45, 2.75) is 0 Å². The third-order valence-electron chi connectivity index (χ3n) is 2.48. The van der Waals surface area contributed by atoms with Gasteiger partial charge in [-0.25, -0.2) is 0 Å². The average Bonchev–Trinajstić information content (AvgIpc) is 2.42. The van der Waals surface area contributed by atoms with E-state index in [-0.39, 0.29) is 11.7 Å². The molecule has 2 aromatic rings. The fourth-order valence-electron chi connectivity index (χ4n) is 1.49. The minimum Gasteiger partial charge on any atom is -0.507 e. The van der Waals surface area contributed by atoms with Crippen LogP contribution in [-0.2, 0) is 0 Å². The Morgan fingerprint density at radius 2 is 1.89 bits per heavy atom. The van der Waals surface area contributed by atoms with E-state index in [1.807, 2.05) is 6.07 Å². The molecule has 19 heavy (non-hydrogen) atoms. The number of nitrogens with one attached hydrogen (secondary N) is 1. The number of phenolic OH excluding ortho intramolecular Hbond substituents is 1. The minimum absolute atomic E-state index is 0.00692. The van der Waals surface area contributed by atoms with Gasteiger partial charge in [-0.3, -0.25) is 4.79 Å². The Labute approximate surface area is 118 Å². The van der Waals surface area contributed by atoms with E-state index in [9.17, 15) is 9.90 Å². The summed E-state index contributed by atoms with van der Waals surface area (Å²) in [7, 11) is 0. The van der Waals surface area contributed by atoms with E-state index in [1.165, 1.54) is 6.07 Å². The largest absolute Gasteiger partial charge is 0.507 e. The molecule has 0 fully saturated rings. The van der Waals surface area contributed by atoms with Crippen molar-refractivity contribution in [1.82, 2.24) is 0 Å². The van der Waals surface area contributed by atoms with Crippen molar-refractivity contribution in [1.29, 1.82) is 5.26 Å². The number of aromatic hydroxyl groups is 1. The highest BCUT2D eigenvalue weighted by Gasteiger charge is 2.08. The van der Waals surface area contributed by atoms with Crippen molar-refractivity contribution < 1.29 is 9.90 Å². The van der Waals surface area contributed by atoms with Gasteiger partial charge in [-0.2, -0.15) is 5.26 Å². The average molecular weight is 317 g/mol. The van der Waals surface area contributed by atoms with Crippen LogP contribution in [0.4, 0.5) is 5.69 Å². The van der Waals surface area contributed by atoms with Crippen molar-refractivity contribution in [3.05, 3.63) is 58.1 Å². The normalized spacial score (nSPS) is 9.68. The number of halogens is 1. The number of benzene rings is 2. The highest BCUT2D eigenvalue weighted by atomic mass is 79.9. The van der Waals surface area contributed by atoms with E-state index in [0.717, 1.165) is 0 Å². The quantitative estimate of drug-likeness (QED) is 0.893. The molecule has 0 saturated carbocycles. The van der Waals surface area contributed by atoms with Crippen LogP contribution in [0.15, 0.2) is 46.9 Å². The summed E-state index contributed by atoms with van der Waals surface area (Å²) >= 11 is 3.15. The zero-order valence-electron chi connectivity index (χ0n) is 9.72. The molecule has 0 aliphatic rings. The molecule has 2 aromatic carbocycles. The zero-order valence-corrected chi connectivity index (χ0v) is 11.3. The van der Waals surface area contributed by atoms with Gasteiger partial charge in [-0.05, 0) is 58.4 Å².